The number of carbonyl (C=O) groups excluding carboxylic acids is 2. The highest BCUT2D eigenvalue weighted by Crippen LogP contribution is 2.35. The first-order valence-corrected chi connectivity index (χ1v) is 22.0. The van der Waals surface area contributed by atoms with Gasteiger partial charge in [-0.05, 0) is 92.3 Å². The minimum Gasteiger partial charge on any atom is -0.490 e. The molecule has 9 rings (SSSR count). The summed E-state index contributed by atoms with van der Waals surface area (Å²) < 4.78 is 14.2. The molecule has 6 heterocycles. The summed E-state index contributed by atoms with van der Waals surface area (Å²) in [6.45, 7) is 5.66. The maximum atomic E-state index is 13.0. The number of aryl methyl sites for hydroxylation is 1. The van der Waals surface area contributed by atoms with Crippen molar-refractivity contribution in [3.8, 4) is 34.3 Å². The van der Waals surface area contributed by atoms with Gasteiger partial charge < -0.3 is 24.6 Å². The molecule has 6 aromatic rings. The van der Waals surface area contributed by atoms with E-state index in [-0.39, 0.29) is 24.0 Å². The Kier molecular flexibility index (Phi) is 12.3. The molecule has 2 amide bonds. The Bertz CT molecular complexity index is 2670. The number of fused-ring (bicyclic) bond motifs is 2. The number of hydrogen-bond acceptors (Lipinski definition) is 11. The summed E-state index contributed by atoms with van der Waals surface area (Å²) in [6.07, 6.45) is 9.70. The molecule has 1 saturated heterocycles. The van der Waals surface area contributed by atoms with E-state index in [1.807, 2.05) is 47.2 Å². The molecule has 0 atom stereocenters. The van der Waals surface area contributed by atoms with Crippen LogP contribution in [0.3, 0.4) is 0 Å². The monoisotopic (exact) mass is 864 g/mol. The second-order valence-electron chi connectivity index (χ2n) is 16.8. The lowest BCUT2D eigenvalue weighted by atomic mass is 9.93. The van der Waals surface area contributed by atoms with Crippen molar-refractivity contribution in [3.05, 3.63) is 112 Å². The number of carbonyl (C=O) groups is 2. The van der Waals surface area contributed by atoms with Crippen molar-refractivity contribution in [2.75, 3.05) is 31.1 Å². The zero-order valence-electron chi connectivity index (χ0n) is 35.5. The zero-order chi connectivity index (χ0) is 43.5. The number of amides is 2. The normalized spacial score (nSPS) is 17.9. The van der Waals surface area contributed by atoms with Gasteiger partial charge in [-0.1, -0.05) is 29.8 Å². The third-order valence-electron chi connectivity index (χ3n) is 12.6. The summed E-state index contributed by atoms with van der Waals surface area (Å²) in [5.41, 5.74) is 7.57. The number of anilines is 1. The van der Waals surface area contributed by atoms with E-state index >= 15 is 0 Å². The van der Waals surface area contributed by atoms with Gasteiger partial charge in [-0.3, -0.25) is 24.2 Å². The average Bonchev–Trinajstić information content (AvgIpc) is 3.64. The lowest BCUT2D eigenvalue weighted by molar-refractivity contribution is -0.129. The Morgan fingerprint density at radius 1 is 0.937 bits per heavy atom. The van der Waals surface area contributed by atoms with Crippen LogP contribution in [0.5, 0.6) is 5.75 Å². The summed E-state index contributed by atoms with van der Waals surface area (Å²) in [5, 5.41) is 28.3. The van der Waals surface area contributed by atoms with Crippen LogP contribution in [0.2, 0.25) is 5.02 Å². The highest BCUT2D eigenvalue weighted by Gasteiger charge is 2.28. The fourth-order valence-electron chi connectivity index (χ4n) is 8.99. The Balaban J connectivity index is 0.714. The average molecular weight is 865 g/mol. The summed E-state index contributed by atoms with van der Waals surface area (Å²) in [4.78, 5) is 38.9. The first-order valence-electron chi connectivity index (χ1n) is 21.7. The van der Waals surface area contributed by atoms with E-state index < -0.39 is 0 Å². The zero-order valence-corrected chi connectivity index (χ0v) is 36.2. The van der Waals surface area contributed by atoms with E-state index in [2.05, 4.69) is 50.7 Å². The number of hydrogen-bond donors (Lipinski definition) is 1. The van der Waals surface area contributed by atoms with Crippen molar-refractivity contribution in [2.45, 2.75) is 77.2 Å². The van der Waals surface area contributed by atoms with Gasteiger partial charge in [0.2, 0.25) is 5.91 Å². The second kappa shape index (κ2) is 18.5. The number of nitriles is 1. The predicted molar refractivity (Wildman–Crippen MR) is 239 cm³/mol. The second-order valence-corrected chi connectivity index (χ2v) is 17.2. The lowest BCUT2D eigenvalue weighted by Crippen LogP contribution is -2.40. The molecule has 14 nitrogen and oxygen atoms in total. The maximum absolute atomic E-state index is 13.0. The van der Waals surface area contributed by atoms with E-state index in [1.165, 1.54) is 5.69 Å². The first kappa shape index (κ1) is 41.9. The molecule has 0 radical (unpaired) electrons. The molecule has 0 unspecified atom stereocenters. The maximum Gasteiger partial charge on any atom is 0.272 e. The van der Waals surface area contributed by atoms with Crippen molar-refractivity contribution in [1.29, 1.82) is 5.26 Å². The smallest absolute Gasteiger partial charge is 0.272 e. The first-order chi connectivity index (χ1) is 30.7. The van der Waals surface area contributed by atoms with Crippen LogP contribution < -0.4 is 15.0 Å². The largest absolute Gasteiger partial charge is 0.490 e. The van der Waals surface area contributed by atoms with Crippen molar-refractivity contribution in [2.24, 2.45) is 13.0 Å². The molecule has 3 aliphatic rings. The molecular formula is C48H49ClN10O4. The Morgan fingerprint density at radius 2 is 1.78 bits per heavy atom. The van der Waals surface area contributed by atoms with Crippen LogP contribution in [0.15, 0.2) is 79.1 Å². The fraction of sp³-hybridized carbons (Fsp3) is 0.375. The number of rotatable bonds is 11. The van der Waals surface area contributed by atoms with Crippen LogP contribution >= 0.6 is 11.6 Å². The van der Waals surface area contributed by atoms with E-state index in [0.29, 0.717) is 54.3 Å². The molecule has 322 valence electrons. The number of nitrogens with zero attached hydrogens (tertiary/aromatic N) is 9. The fourth-order valence-corrected chi connectivity index (χ4v) is 9.20. The number of benzene rings is 2. The van der Waals surface area contributed by atoms with Gasteiger partial charge in [0.05, 0.1) is 47.0 Å². The van der Waals surface area contributed by atoms with Gasteiger partial charge in [-0.2, -0.15) is 10.4 Å². The van der Waals surface area contributed by atoms with Crippen LogP contribution in [0, 0.1) is 17.2 Å². The van der Waals surface area contributed by atoms with Gasteiger partial charge in [0.1, 0.15) is 11.8 Å². The summed E-state index contributed by atoms with van der Waals surface area (Å²) in [7, 11) is 1.98. The molecule has 1 aliphatic carbocycles. The molecule has 4 aromatic heterocycles. The third kappa shape index (κ3) is 9.35. The number of nitrogens with one attached hydrogen (secondary N) is 1. The predicted octanol–water partition coefficient (Wildman–Crippen LogP) is 7.47. The van der Waals surface area contributed by atoms with E-state index in [1.54, 1.807) is 31.2 Å². The van der Waals surface area contributed by atoms with Gasteiger partial charge in [0, 0.05) is 98.8 Å². The summed E-state index contributed by atoms with van der Waals surface area (Å²) in [6, 6.07) is 23.2. The molecule has 2 fully saturated rings. The molecule has 2 aliphatic heterocycles. The van der Waals surface area contributed by atoms with Gasteiger partial charge in [-0.15, -0.1) is 10.2 Å². The minimum absolute atomic E-state index is 0.0261. The number of pyridine rings is 2. The Morgan fingerprint density at radius 3 is 2.51 bits per heavy atom. The van der Waals surface area contributed by atoms with Gasteiger partial charge in [0.25, 0.3) is 5.91 Å². The molecule has 1 saturated carbocycles. The third-order valence-corrected chi connectivity index (χ3v) is 12.9. The molecule has 2 aromatic carbocycles. The van der Waals surface area contributed by atoms with Gasteiger partial charge in [-0.25, -0.2) is 0 Å². The van der Waals surface area contributed by atoms with Gasteiger partial charge in [0.15, 0.2) is 11.5 Å². The van der Waals surface area contributed by atoms with E-state index in [0.717, 1.165) is 108 Å². The minimum atomic E-state index is -0.221. The van der Waals surface area contributed by atoms with Crippen LogP contribution in [0.1, 0.15) is 78.5 Å². The molecule has 0 bridgehead atoms. The standard InChI is InChI=1S/C48H49ClN10O4/c1-30(60)59-21-18-45-41(27-59)47(56-57(45)2)39-5-3-4-32-22-44(52-26-40(32)39)34-6-8-36(51-25-34)29-62-28-31-16-19-58(20-17-31)46-15-14-43(54-55-46)48(61)53-35-9-12-37(13-10-35)63-38-11-7-33(24-50)42(49)23-38/h3-8,11,14-15,22-23,25-26,31,35,37H,9-10,12-13,16-21,27-29H2,1-2H3,(H,53,61). The quantitative estimate of drug-likeness (QED) is 0.137. The van der Waals surface area contributed by atoms with Crippen LogP contribution in [-0.2, 0) is 36.2 Å². The highest BCUT2D eigenvalue weighted by atomic mass is 35.5. The number of aromatic nitrogens is 6. The summed E-state index contributed by atoms with van der Waals surface area (Å²) >= 11 is 6.16. The van der Waals surface area contributed by atoms with Crippen molar-refractivity contribution < 1.29 is 19.1 Å². The van der Waals surface area contributed by atoms with Crippen molar-refractivity contribution >= 4 is 40.0 Å². The van der Waals surface area contributed by atoms with E-state index in [9.17, 15) is 9.59 Å². The molecule has 63 heavy (non-hydrogen) atoms. The molecule has 15 heteroatoms. The van der Waals surface area contributed by atoms with Crippen LogP contribution in [0.4, 0.5) is 5.82 Å². The number of ether oxygens (including phenoxy) is 2. The lowest BCUT2D eigenvalue weighted by Gasteiger charge is -2.32. The topological polar surface area (TPSA) is 164 Å². The molecule has 0 spiro atoms. The van der Waals surface area contributed by atoms with Gasteiger partial charge >= 0.3 is 0 Å². The SMILES string of the molecule is CC(=O)N1CCc2c(c(-c3cccc4cc(-c5ccc(COCC6CCN(c7ccc(C(=O)NC8CCC(Oc9ccc(C#N)c(Cl)c9)CC8)nn7)CC6)nc5)ncc34)nn2C)C1. The van der Waals surface area contributed by atoms with Crippen LogP contribution in [-0.4, -0.2) is 85.0 Å². The van der Waals surface area contributed by atoms with Crippen molar-refractivity contribution in [1.82, 2.24) is 40.2 Å². The molecule has 1 N–H and O–H groups in total. The highest BCUT2D eigenvalue weighted by molar-refractivity contribution is 6.31. The Hall–Kier alpha value is -6.43. The van der Waals surface area contributed by atoms with Crippen molar-refractivity contribution in [3.63, 3.8) is 0 Å². The molecular weight excluding hydrogens is 816 g/mol. The van der Waals surface area contributed by atoms with Crippen LogP contribution in [0.25, 0.3) is 33.3 Å². The summed E-state index contributed by atoms with van der Waals surface area (Å²) in [5.74, 6) is 1.70. The van der Waals surface area contributed by atoms with E-state index in [4.69, 9.17) is 41.4 Å². The number of piperidine rings is 1. The Labute approximate surface area is 371 Å². The number of halogens is 1.